The van der Waals surface area contributed by atoms with E-state index in [1.807, 2.05) is 35.4 Å². The van der Waals surface area contributed by atoms with Gasteiger partial charge in [-0.25, -0.2) is 0 Å². The number of hydrogen-bond donors (Lipinski definition) is 0. The molecule has 1 aliphatic heterocycles. The highest BCUT2D eigenvalue weighted by Crippen LogP contribution is 2.28. The molecule has 0 radical (unpaired) electrons. The minimum absolute atomic E-state index is 0.183. The fraction of sp³-hybridized carbons (Fsp3) is 0.526. The summed E-state index contributed by atoms with van der Waals surface area (Å²) < 4.78 is 2.04. The summed E-state index contributed by atoms with van der Waals surface area (Å²) in [5.41, 5.74) is 2.22. The van der Waals surface area contributed by atoms with Crippen molar-refractivity contribution < 1.29 is 4.79 Å². The summed E-state index contributed by atoms with van der Waals surface area (Å²) in [7, 11) is 0. The van der Waals surface area contributed by atoms with Crippen LogP contribution in [0.15, 0.2) is 29.4 Å². The molecule has 0 N–H and O–H groups in total. The minimum Gasteiger partial charge on any atom is -0.339 e. The van der Waals surface area contributed by atoms with Crippen LogP contribution in [0.1, 0.15) is 25.2 Å². The summed E-state index contributed by atoms with van der Waals surface area (Å²) in [5, 5.41) is 9.15. The molecule has 0 aliphatic carbocycles. The lowest BCUT2D eigenvalue weighted by Crippen LogP contribution is -2.50. The molecule has 1 amide bonds. The van der Waals surface area contributed by atoms with Crippen molar-refractivity contribution in [1.82, 2.24) is 24.6 Å². The number of aromatic nitrogens is 3. The molecule has 0 spiro atoms. The third-order valence-electron chi connectivity index (χ3n) is 4.91. The van der Waals surface area contributed by atoms with Crippen molar-refractivity contribution in [2.75, 3.05) is 32.7 Å². The van der Waals surface area contributed by atoms with Crippen molar-refractivity contribution in [3.63, 3.8) is 0 Å². The lowest BCUT2D eigenvalue weighted by molar-refractivity contribution is -0.132. The summed E-state index contributed by atoms with van der Waals surface area (Å²) in [4.78, 5) is 17.2. The fourth-order valence-corrected chi connectivity index (χ4v) is 4.25. The highest BCUT2D eigenvalue weighted by atomic mass is 32.2. The minimum atomic E-state index is -0.186. The molecule has 6 nitrogen and oxygen atoms in total. The Labute approximate surface area is 159 Å². The van der Waals surface area contributed by atoms with Gasteiger partial charge in [0.2, 0.25) is 5.91 Å². The number of carbonyl (C=O) groups excluding carboxylic acids is 1. The van der Waals surface area contributed by atoms with Crippen LogP contribution >= 0.6 is 11.8 Å². The molecular formula is C19H27N5OS. The average Bonchev–Trinajstić information content (AvgIpc) is 3.01. The Hall–Kier alpha value is -1.86. The molecule has 1 fully saturated rings. The molecule has 1 unspecified atom stereocenters. The highest BCUT2D eigenvalue weighted by molar-refractivity contribution is 8.00. The van der Waals surface area contributed by atoms with Crippen LogP contribution in [0.3, 0.4) is 0 Å². The van der Waals surface area contributed by atoms with E-state index in [4.69, 9.17) is 0 Å². The van der Waals surface area contributed by atoms with Crippen LogP contribution in [0.5, 0.6) is 0 Å². The van der Waals surface area contributed by atoms with E-state index in [0.29, 0.717) is 0 Å². The Kier molecular flexibility index (Phi) is 5.98. The first-order chi connectivity index (χ1) is 12.5. The van der Waals surface area contributed by atoms with E-state index < -0.39 is 0 Å². The van der Waals surface area contributed by atoms with Gasteiger partial charge in [0.05, 0.1) is 10.9 Å². The lowest BCUT2D eigenvalue weighted by atomic mass is 10.2. The summed E-state index contributed by atoms with van der Waals surface area (Å²) in [6.07, 6.45) is 0. The molecule has 1 aliphatic rings. The van der Waals surface area contributed by atoms with E-state index in [2.05, 4.69) is 41.1 Å². The van der Waals surface area contributed by atoms with Gasteiger partial charge < -0.3 is 9.80 Å². The smallest absolute Gasteiger partial charge is 0.235 e. The van der Waals surface area contributed by atoms with Gasteiger partial charge in [0.15, 0.2) is 5.16 Å². The monoisotopic (exact) mass is 373 g/mol. The van der Waals surface area contributed by atoms with Gasteiger partial charge in [-0.15, -0.1) is 10.2 Å². The van der Waals surface area contributed by atoms with Crippen molar-refractivity contribution in [2.24, 2.45) is 0 Å². The van der Waals surface area contributed by atoms with Crippen molar-refractivity contribution >= 4 is 17.7 Å². The Balaban J connectivity index is 1.73. The molecule has 2 aromatic rings. The first-order valence-electron chi connectivity index (χ1n) is 9.17. The number of carbonyl (C=O) groups is 1. The highest BCUT2D eigenvalue weighted by Gasteiger charge is 2.27. The van der Waals surface area contributed by atoms with E-state index in [-0.39, 0.29) is 11.2 Å². The zero-order valence-electron chi connectivity index (χ0n) is 16.0. The molecule has 0 bridgehead atoms. The van der Waals surface area contributed by atoms with Crippen LogP contribution in [-0.2, 0) is 4.79 Å². The summed E-state index contributed by atoms with van der Waals surface area (Å²) in [6, 6.07) is 8.17. The SMILES string of the molecule is CCN1CCN(C(=O)C(C)Sc2nnc(C)n2-c2ccccc2C)CC1. The molecule has 0 saturated carbocycles. The quantitative estimate of drug-likeness (QED) is 0.754. The largest absolute Gasteiger partial charge is 0.339 e. The van der Waals surface area contributed by atoms with Gasteiger partial charge in [-0.05, 0) is 38.9 Å². The van der Waals surface area contributed by atoms with Gasteiger partial charge in [-0.1, -0.05) is 36.9 Å². The van der Waals surface area contributed by atoms with Gasteiger partial charge in [0.1, 0.15) is 5.82 Å². The molecule has 1 saturated heterocycles. The predicted molar refractivity (Wildman–Crippen MR) is 105 cm³/mol. The van der Waals surface area contributed by atoms with Crippen LogP contribution in [0.25, 0.3) is 5.69 Å². The number of nitrogens with zero attached hydrogens (tertiary/aromatic N) is 5. The van der Waals surface area contributed by atoms with E-state index >= 15 is 0 Å². The lowest BCUT2D eigenvalue weighted by Gasteiger charge is -2.35. The van der Waals surface area contributed by atoms with E-state index in [1.54, 1.807) is 0 Å². The molecule has 7 heteroatoms. The molecular weight excluding hydrogens is 346 g/mol. The van der Waals surface area contributed by atoms with Gasteiger partial charge in [0.25, 0.3) is 0 Å². The van der Waals surface area contributed by atoms with Crippen LogP contribution in [-0.4, -0.2) is 68.4 Å². The molecule has 2 heterocycles. The zero-order valence-corrected chi connectivity index (χ0v) is 16.8. The second-order valence-electron chi connectivity index (χ2n) is 6.67. The number of benzene rings is 1. The van der Waals surface area contributed by atoms with Crippen molar-refractivity contribution in [3.05, 3.63) is 35.7 Å². The van der Waals surface area contributed by atoms with Crippen LogP contribution in [0.4, 0.5) is 0 Å². The Morgan fingerprint density at radius 3 is 2.50 bits per heavy atom. The standard InChI is InChI=1S/C19H27N5OS/c1-5-22-10-12-23(13-11-22)18(25)15(3)26-19-21-20-16(4)24(19)17-9-7-6-8-14(17)2/h6-9,15H,5,10-13H2,1-4H3. The number of amides is 1. The van der Waals surface area contributed by atoms with Crippen LogP contribution in [0, 0.1) is 13.8 Å². The Morgan fingerprint density at radius 1 is 1.15 bits per heavy atom. The molecule has 1 atom stereocenters. The second kappa shape index (κ2) is 8.22. The maximum Gasteiger partial charge on any atom is 0.235 e. The number of hydrogen-bond acceptors (Lipinski definition) is 5. The number of aryl methyl sites for hydroxylation is 2. The Bertz CT molecular complexity index is 767. The summed E-state index contributed by atoms with van der Waals surface area (Å²) in [5.74, 6) is 1.01. The van der Waals surface area contributed by atoms with Gasteiger partial charge in [-0.3, -0.25) is 9.36 Å². The van der Waals surface area contributed by atoms with Crippen LogP contribution < -0.4 is 0 Å². The average molecular weight is 374 g/mol. The first-order valence-corrected chi connectivity index (χ1v) is 10.0. The topological polar surface area (TPSA) is 54.3 Å². The molecule has 26 heavy (non-hydrogen) atoms. The van der Waals surface area contributed by atoms with Gasteiger partial charge in [-0.2, -0.15) is 0 Å². The second-order valence-corrected chi connectivity index (χ2v) is 7.98. The molecule has 1 aromatic heterocycles. The van der Waals surface area contributed by atoms with Gasteiger partial charge in [0, 0.05) is 26.2 Å². The number of para-hydroxylation sites is 1. The third-order valence-corrected chi connectivity index (χ3v) is 5.94. The van der Waals surface area contributed by atoms with Gasteiger partial charge >= 0.3 is 0 Å². The van der Waals surface area contributed by atoms with Crippen molar-refractivity contribution in [3.8, 4) is 5.69 Å². The third kappa shape index (κ3) is 3.94. The van der Waals surface area contributed by atoms with Crippen molar-refractivity contribution in [1.29, 1.82) is 0 Å². The maximum absolute atomic E-state index is 12.8. The summed E-state index contributed by atoms with van der Waals surface area (Å²) in [6.45, 7) is 12.7. The van der Waals surface area contributed by atoms with Crippen LogP contribution in [0.2, 0.25) is 0 Å². The first kappa shape index (κ1) is 18.9. The summed E-state index contributed by atoms with van der Waals surface area (Å²) >= 11 is 1.49. The molecule has 140 valence electrons. The number of rotatable bonds is 5. The number of thioether (sulfide) groups is 1. The zero-order chi connectivity index (χ0) is 18.7. The molecule has 1 aromatic carbocycles. The van der Waals surface area contributed by atoms with Crippen molar-refractivity contribution in [2.45, 2.75) is 38.1 Å². The fourth-order valence-electron chi connectivity index (χ4n) is 3.26. The van der Waals surface area contributed by atoms with E-state index in [1.165, 1.54) is 11.8 Å². The number of likely N-dealkylation sites (N-methyl/N-ethyl adjacent to an activating group) is 1. The normalized spacial score (nSPS) is 16.7. The maximum atomic E-state index is 12.8. The van der Waals surface area contributed by atoms with E-state index in [9.17, 15) is 4.79 Å². The Morgan fingerprint density at radius 2 is 1.85 bits per heavy atom. The number of piperazine rings is 1. The van der Waals surface area contributed by atoms with E-state index in [0.717, 1.165) is 55.0 Å². The molecule has 3 rings (SSSR count). The predicted octanol–water partition coefficient (Wildman–Crippen LogP) is 2.53.